The number of hydrogen-bond acceptors (Lipinski definition) is 1. The van der Waals surface area contributed by atoms with Gasteiger partial charge in [-0.05, 0) is 44.0 Å². The highest BCUT2D eigenvalue weighted by Gasteiger charge is 2.13. The Morgan fingerprint density at radius 3 is 2.00 bits per heavy atom. The minimum Gasteiger partial charge on any atom is -0.319 e. The highest BCUT2D eigenvalue weighted by Crippen LogP contribution is 2.27. The normalized spacial score (nSPS) is 11.2. The van der Waals surface area contributed by atoms with Gasteiger partial charge in [-0.2, -0.15) is 0 Å². The summed E-state index contributed by atoms with van der Waals surface area (Å²) in [4.78, 5) is 4.95. The number of nitrogens with zero attached hydrogens (tertiary/aromatic N) is 2. The molecule has 4 aromatic rings. The third-order valence-corrected chi connectivity index (χ3v) is 4.67. The van der Waals surface area contributed by atoms with Crippen LogP contribution in [0.25, 0.3) is 22.4 Å². The third-order valence-electron chi connectivity index (χ3n) is 4.67. The quantitative estimate of drug-likeness (QED) is 0.474. The van der Waals surface area contributed by atoms with Crippen molar-refractivity contribution in [3.63, 3.8) is 0 Å². The van der Waals surface area contributed by atoms with Crippen molar-refractivity contribution in [2.45, 2.75) is 27.3 Å². The second kappa shape index (κ2) is 6.21. The van der Waals surface area contributed by atoms with E-state index >= 15 is 0 Å². The molecule has 0 aliphatic rings. The molecule has 25 heavy (non-hydrogen) atoms. The fraction of sp³-hybridized carbons (Fsp3) is 0.174. The lowest BCUT2D eigenvalue weighted by Crippen LogP contribution is -2.02. The molecule has 2 heteroatoms. The summed E-state index contributed by atoms with van der Waals surface area (Å²) in [7, 11) is 0. The van der Waals surface area contributed by atoms with E-state index in [1.807, 2.05) is 0 Å². The molecule has 0 radical (unpaired) electrons. The van der Waals surface area contributed by atoms with Crippen LogP contribution in [-0.2, 0) is 6.54 Å². The lowest BCUT2D eigenvalue weighted by atomic mass is 10.1. The van der Waals surface area contributed by atoms with E-state index < -0.39 is 0 Å². The maximum Gasteiger partial charge on any atom is 0.141 e. The molecule has 1 heterocycles. The lowest BCUT2D eigenvalue weighted by molar-refractivity contribution is 0.834. The molecule has 0 N–H and O–H groups in total. The summed E-state index contributed by atoms with van der Waals surface area (Å²) < 4.78 is 2.32. The minimum atomic E-state index is 0.822. The molecule has 2 nitrogen and oxygen atoms in total. The monoisotopic (exact) mass is 326 g/mol. The van der Waals surface area contributed by atoms with E-state index in [1.54, 1.807) is 0 Å². The fourth-order valence-electron chi connectivity index (χ4n) is 3.20. The second-order valence-electron chi connectivity index (χ2n) is 6.87. The number of aryl methyl sites for hydroxylation is 3. The first kappa shape index (κ1) is 15.6. The van der Waals surface area contributed by atoms with E-state index in [9.17, 15) is 0 Å². The van der Waals surface area contributed by atoms with Crippen LogP contribution >= 0.6 is 0 Å². The smallest absolute Gasteiger partial charge is 0.141 e. The Morgan fingerprint density at radius 1 is 0.720 bits per heavy atom. The lowest BCUT2D eigenvalue weighted by Gasteiger charge is -2.10. The predicted octanol–water partition coefficient (Wildman–Crippen LogP) is 5.68. The van der Waals surface area contributed by atoms with Gasteiger partial charge in [0.15, 0.2) is 0 Å². The summed E-state index contributed by atoms with van der Waals surface area (Å²) in [5.74, 6) is 1.03. The first-order valence-corrected chi connectivity index (χ1v) is 8.69. The zero-order chi connectivity index (χ0) is 17.4. The molecule has 1 aromatic heterocycles. The van der Waals surface area contributed by atoms with Crippen molar-refractivity contribution in [3.8, 4) is 11.4 Å². The predicted molar refractivity (Wildman–Crippen MR) is 105 cm³/mol. The number of aromatic nitrogens is 2. The zero-order valence-corrected chi connectivity index (χ0v) is 15.0. The van der Waals surface area contributed by atoms with Crippen molar-refractivity contribution in [2.24, 2.45) is 0 Å². The van der Waals surface area contributed by atoms with Crippen molar-refractivity contribution in [1.29, 1.82) is 0 Å². The van der Waals surface area contributed by atoms with Gasteiger partial charge in [-0.1, -0.05) is 65.7 Å². The molecule has 0 saturated carbocycles. The maximum atomic E-state index is 4.95. The summed E-state index contributed by atoms with van der Waals surface area (Å²) in [5, 5.41) is 0. The van der Waals surface area contributed by atoms with Gasteiger partial charge in [-0.25, -0.2) is 4.98 Å². The topological polar surface area (TPSA) is 17.8 Å². The molecule has 0 amide bonds. The highest BCUT2D eigenvalue weighted by atomic mass is 15.1. The first-order chi connectivity index (χ1) is 12.1. The summed E-state index contributed by atoms with van der Waals surface area (Å²) in [5.41, 5.74) is 8.48. The summed E-state index contributed by atoms with van der Waals surface area (Å²) in [6, 6.07) is 23.9. The molecule has 0 atom stereocenters. The van der Waals surface area contributed by atoms with E-state index in [-0.39, 0.29) is 0 Å². The van der Waals surface area contributed by atoms with Gasteiger partial charge in [0.2, 0.25) is 0 Å². The molecule has 124 valence electrons. The van der Waals surface area contributed by atoms with Gasteiger partial charge in [-0.15, -0.1) is 0 Å². The number of hydrogen-bond donors (Lipinski definition) is 0. The molecule has 0 saturated heterocycles. The first-order valence-electron chi connectivity index (χ1n) is 8.69. The molecular formula is C23H22N2. The maximum absolute atomic E-state index is 4.95. The molecule has 0 unspecified atom stereocenters. The molecule has 0 bridgehead atoms. The third kappa shape index (κ3) is 3.08. The van der Waals surface area contributed by atoms with Gasteiger partial charge in [0.05, 0.1) is 11.0 Å². The Bertz CT molecular complexity index is 1020. The molecular weight excluding hydrogens is 304 g/mol. The van der Waals surface area contributed by atoms with Crippen LogP contribution in [0.15, 0.2) is 66.7 Å². The van der Waals surface area contributed by atoms with E-state index in [2.05, 4.69) is 92.1 Å². The standard InChI is InChI=1S/C23H22N2/c1-16-4-9-19(10-5-16)15-25-22-13-8-18(3)14-21(22)24-23(25)20-11-6-17(2)7-12-20/h4-14H,15H2,1-3H3. The van der Waals surface area contributed by atoms with Gasteiger partial charge in [0.25, 0.3) is 0 Å². The number of fused-ring (bicyclic) bond motifs is 1. The molecule has 0 spiro atoms. The Kier molecular flexibility index (Phi) is 3.89. The summed E-state index contributed by atoms with van der Waals surface area (Å²) in [6.45, 7) is 7.17. The van der Waals surface area contributed by atoms with Crippen molar-refractivity contribution < 1.29 is 0 Å². The number of rotatable bonds is 3. The van der Waals surface area contributed by atoms with Crippen LogP contribution in [-0.4, -0.2) is 9.55 Å². The van der Waals surface area contributed by atoms with Crippen LogP contribution in [0.5, 0.6) is 0 Å². The van der Waals surface area contributed by atoms with Gasteiger partial charge in [0.1, 0.15) is 5.82 Å². The number of benzene rings is 3. The largest absolute Gasteiger partial charge is 0.319 e. The summed E-state index contributed by atoms with van der Waals surface area (Å²) in [6.07, 6.45) is 0. The average Bonchev–Trinajstić information content (AvgIpc) is 2.95. The molecule has 0 fully saturated rings. The Hall–Kier alpha value is -2.87. The second-order valence-corrected chi connectivity index (χ2v) is 6.87. The zero-order valence-electron chi connectivity index (χ0n) is 15.0. The molecule has 3 aromatic carbocycles. The van der Waals surface area contributed by atoms with Crippen molar-refractivity contribution in [3.05, 3.63) is 89.0 Å². The average molecular weight is 326 g/mol. The van der Waals surface area contributed by atoms with E-state index in [1.165, 1.54) is 27.8 Å². The highest BCUT2D eigenvalue weighted by molar-refractivity contribution is 5.81. The van der Waals surface area contributed by atoms with Gasteiger partial charge in [0, 0.05) is 12.1 Å². The molecule has 4 rings (SSSR count). The van der Waals surface area contributed by atoms with Gasteiger partial charge >= 0.3 is 0 Å². The Labute approximate surface area is 148 Å². The van der Waals surface area contributed by atoms with Crippen LogP contribution in [0.2, 0.25) is 0 Å². The van der Waals surface area contributed by atoms with Crippen LogP contribution < -0.4 is 0 Å². The van der Waals surface area contributed by atoms with E-state index in [0.717, 1.165) is 23.4 Å². The fourth-order valence-corrected chi connectivity index (χ4v) is 3.20. The van der Waals surface area contributed by atoms with Crippen LogP contribution in [0.3, 0.4) is 0 Å². The summed E-state index contributed by atoms with van der Waals surface area (Å²) >= 11 is 0. The van der Waals surface area contributed by atoms with Crippen LogP contribution in [0.4, 0.5) is 0 Å². The molecule has 0 aliphatic heterocycles. The number of imidazole rings is 1. The molecule has 0 aliphatic carbocycles. The van der Waals surface area contributed by atoms with Crippen molar-refractivity contribution >= 4 is 11.0 Å². The van der Waals surface area contributed by atoms with Crippen molar-refractivity contribution in [1.82, 2.24) is 9.55 Å². The van der Waals surface area contributed by atoms with Crippen molar-refractivity contribution in [2.75, 3.05) is 0 Å². The Balaban J connectivity index is 1.88. The van der Waals surface area contributed by atoms with E-state index in [0.29, 0.717) is 0 Å². The van der Waals surface area contributed by atoms with Gasteiger partial charge in [-0.3, -0.25) is 0 Å². The van der Waals surface area contributed by atoms with Crippen LogP contribution in [0, 0.1) is 20.8 Å². The van der Waals surface area contributed by atoms with E-state index in [4.69, 9.17) is 4.98 Å². The Morgan fingerprint density at radius 2 is 1.32 bits per heavy atom. The van der Waals surface area contributed by atoms with Gasteiger partial charge < -0.3 is 4.57 Å². The SMILES string of the molecule is Cc1ccc(Cn2c(-c3ccc(C)cc3)nc3cc(C)ccc32)cc1. The minimum absolute atomic E-state index is 0.822. The van der Waals surface area contributed by atoms with Crippen LogP contribution in [0.1, 0.15) is 22.3 Å².